The largest absolute Gasteiger partial charge is 0.492 e. The van der Waals surface area contributed by atoms with Gasteiger partial charge in [0.15, 0.2) is 11.7 Å². The van der Waals surface area contributed by atoms with Crippen molar-refractivity contribution >= 4 is 5.96 Å². The van der Waals surface area contributed by atoms with Gasteiger partial charge >= 0.3 is 0 Å². The maximum atomic E-state index is 5.66. The van der Waals surface area contributed by atoms with Crippen LogP contribution in [0.3, 0.4) is 0 Å². The Hall–Kier alpha value is -3.29. The summed E-state index contributed by atoms with van der Waals surface area (Å²) in [6.45, 7) is 4.33. The second kappa shape index (κ2) is 9.26. The molecule has 0 radical (unpaired) electrons. The number of rotatable bonds is 8. The van der Waals surface area contributed by atoms with E-state index in [-0.39, 0.29) is 0 Å². The number of guanidine groups is 1. The van der Waals surface area contributed by atoms with Crippen LogP contribution in [0.1, 0.15) is 12.7 Å². The predicted molar refractivity (Wildman–Crippen MR) is 98.8 cm³/mol. The minimum Gasteiger partial charge on any atom is -0.492 e. The van der Waals surface area contributed by atoms with Crippen LogP contribution < -0.4 is 15.4 Å². The maximum absolute atomic E-state index is 5.66. The molecule has 8 heteroatoms. The summed E-state index contributed by atoms with van der Waals surface area (Å²) in [5, 5.41) is 13.4. The van der Waals surface area contributed by atoms with Gasteiger partial charge in [0.2, 0.25) is 5.82 Å². The summed E-state index contributed by atoms with van der Waals surface area (Å²) >= 11 is 0. The van der Waals surface area contributed by atoms with Crippen molar-refractivity contribution in [2.75, 3.05) is 19.7 Å². The van der Waals surface area contributed by atoms with Crippen molar-refractivity contribution in [1.82, 2.24) is 25.8 Å². The number of nitrogens with zero attached hydrogens (tertiary/aromatic N) is 3. The number of hydrogen-bond acceptors (Lipinski definition) is 5. The Labute approximate surface area is 151 Å². The lowest BCUT2D eigenvalue weighted by Crippen LogP contribution is -2.39. The maximum Gasteiger partial charge on any atom is 0.216 e. The van der Waals surface area contributed by atoms with Crippen LogP contribution in [-0.4, -0.2) is 40.8 Å². The summed E-state index contributed by atoms with van der Waals surface area (Å²) in [6.07, 6.45) is 1.59. The molecule has 0 bridgehead atoms. The highest BCUT2D eigenvalue weighted by molar-refractivity contribution is 5.79. The number of para-hydroxylation sites is 1. The summed E-state index contributed by atoms with van der Waals surface area (Å²) in [4.78, 5) is 8.87. The first-order valence-electron chi connectivity index (χ1n) is 8.50. The number of aliphatic imine (C=N–C) groups is 1. The number of furan rings is 1. The normalized spacial score (nSPS) is 11.3. The SMILES string of the molecule is CCNC(=NCc1nc(-c2ccco2)n[nH]1)NCCOc1ccccc1. The van der Waals surface area contributed by atoms with Gasteiger partial charge in [0.05, 0.1) is 12.8 Å². The van der Waals surface area contributed by atoms with Crippen LogP contribution in [0.4, 0.5) is 0 Å². The van der Waals surface area contributed by atoms with E-state index in [2.05, 4.69) is 30.8 Å². The molecule has 0 amide bonds. The van der Waals surface area contributed by atoms with Crippen molar-refractivity contribution in [3.05, 3.63) is 54.6 Å². The number of ether oxygens (including phenoxy) is 1. The topological polar surface area (TPSA) is 100 Å². The highest BCUT2D eigenvalue weighted by atomic mass is 16.5. The molecule has 0 saturated heterocycles. The van der Waals surface area contributed by atoms with E-state index in [9.17, 15) is 0 Å². The molecule has 3 N–H and O–H groups in total. The average Bonchev–Trinajstić information content (AvgIpc) is 3.35. The van der Waals surface area contributed by atoms with E-state index in [0.29, 0.717) is 43.1 Å². The van der Waals surface area contributed by atoms with Gasteiger partial charge in [0.1, 0.15) is 24.7 Å². The molecular formula is C18H22N6O2. The van der Waals surface area contributed by atoms with Gasteiger partial charge in [-0.3, -0.25) is 5.10 Å². The van der Waals surface area contributed by atoms with Crippen molar-refractivity contribution < 1.29 is 9.15 Å². The van der Waals surface area contributed by atoms with E-state index < -0.39 is 0 Å². The number of nitrogens with one attached hydrogen (secondary N) is 3. The van der Waals surface area contributed by atoms with Gasteiger partial charge in [-0.15, -0.1) is 5.10 Å². The van der Waals surface area contributed by atoms with Crippen LogP contribution in [0.5, 0.6) is 5.75 Å². The van der Waals surface area contributed by atoms with E-state index >= 15 is 0 Å². The van der Waals surface area contributed by atoms with Gasteiger partial charge < -0.3 is 19.8 Å². The Morgan fingerprint density at radius 2 is 2.08 bits per heavy atom. The Morgan fingerprint density at radius 3 is 2.85 bits per heavy atom. The molecule has 3 aromatic rings. The van der Waals surface area contributed by atoms with Crippen molar-refractivity contribution in [3.8, 4) is 17.3 Å². The number of aromatic nitrogens is 3. The average molecular weight is 354 g/mol. The molecule has 2 aromatic heterocycles. The third-order valence-corrected chi connectivity index (χ3v) is 3.41. The molecule has 3 rings (SSSR count). The van der Waals surface area contributed by atoms with Gasteiger partial charge in [0, 0.05) is 6.54 Å². The zero-order chi connectivity index (χ0) is 18.0. The van der Waals surface area contributed by atoms with Crippen LogP contribution in [-0.2, 0) is 6.54 Å². The summed E-state index contributed by atoms with van der Waals surface area (Å²) in [5.74, 6) is 3.35. The molecule has 0 fully saturated rings. The molecule has 0 aliphatic rings. The molecular weight excluding hydrogens is 332 g/mol. The first kappa shape index (κ1) is 17.5. The number of hydrogen-bond donors (Lipinski definition) is 3. The molecule has 2 heterocycles. The van der Waals surface area contributed by atoms with E-state index in [1.807, 2.05) is 43.3 Å². The summed E-state index contributed by atoms with van der Waals surface area (Å²) in [6, 6.07) is 13.3. The Kier molecular flexibility index (Phi) is 6.24. The zero-order valence-electron chi connectivity index (χ0n) is 14.6. The lowest BCUT2D eigenvalue weighted by Gasteiger charge is -2.11. The van der Waals surface area contributed by atoms with Crippen molar-refractivity contribution in [1.29, 1.82) is 0 Å². The fourth-order valence-corrected chi connectivity index (χ4v) is 2.23. The van der Waals surface area contributed by atoms with Gasteiger partial charge in [-0.25, -0.2) is 9.98 Å². The minimum absolute atomic E-state index is 0.378. The fraction of sp³-hybridized carbons (Fsp3) is 0.278. The van der Waals surface area contributed by atoms with Crippen molar-refractivity contribution in [3.63, 3.8) is 0 Å². The molecule has 8 nitrogen and oxygen atoms in total. The molecule has 136 valence electrons. The lowest BCUT2D eigenvalue weighted by atomic mass is 10.3. The van der Waals surface area contributed by atoms with E-state index in [0.717, 1.165) is 12.3 Å². The van der Waals surface area contributed by atoms with Gasteiger partial charge in [-0.1, -0.05) is 18.2 Å². The van der Waals surface area contributed by atoms with Crippen molar-refractivity contribution in [2.45, 2.75) is 13.5 Å². The highest BCUT2D eigenvalue weighted by Crippen LogP contribution is 2.14. The third kappa shape index (κ3) is 5.10. The van der Waals surface area contributed by atoms with Crippen LogP contribution in [0.2, 0.25) is 0 Å². The van der Waals surface area contributed by atoms with E-state index in [4.69, 9.17) is 9.15 Å². The van der Waals surface area contributed by atoms with Gasteiger partial charge in [0.25, 0.3) is 0 Å². The quantitative estimate of drug-likeness (QED) is 0.326. The smallest absolute Gasteiger partial charge is 0.216 e. The van der Waals surface area contributed by atoms with Crippen molar-refractivity contribution in [2.24, 2.45) is 4.99 Å². The van der Waals surface area contributed by atoms with Crippen LogP contribution in [0.15, 0.2) is 58.1 Å². The first-order valence-corrected chi connectivity index (χ1v) is 8.50. The molecule has 26 heavy (non-hydrogen) atoms. The molecule has 0 spiro atoms. The second-order valence-corrected chi connectivity index (χ2v) is 5.37. The summed E-state index contributed by atoms with van der Waals surface area (Å²) in [5.41, 5.74) is 0. The molecule has 0 aliphatic carbocycles. The minimum atomic E-state index is 0.378. The van der Waals surface area contributed by atoms with Gasteiger partial charge in [-0.2, -0.15) is 0 Å². The molecule has 0 unspecified atom stereocenters. The number of H-pyrrole nitrogens is 1. The Bertz CT molecular complexity index is 798. The highest BCUT2D eigenvalue weighted by Gasteiger charge is 2.08. The van der Waals surface area contributed by atoms with Crippen LogP contribution >= 0.6 is 0 Å². The summed E-state index contributed by atoms with van der Waals surface area (Å²) < 4.78 is 10.9. The second-order valence-electron chi connectivity index (χ2n) is 5.37. The molecule has 0 atom stereocenters. The standard InChI is InChI=1S/C18H22N6O2/c1-2-19-18(20-10-12-25-14-7-4-3-5-8-14)21-13-16-22-17(24-23-16)15-9-6-11-26-15/h3-9,11H,2,10,12-13H2,1H3,(H2,19,20,21)(H,22,23,24). The van der Waals surface area contributed by atoms with Gasteiger partial charge in [-0.05, 0) is 31.2 Å². The lowest BCUT2D eigenvalue weighted by molar-refractivity contribution is 0.322. The molecule has 1 aromatic carbocycles. The number of aromatic amines is 1. The van der Waals surface area contributed by atoms with E-state index in [1.165, 1.54) is 0 Å². The first-order chi connectivity index (χ1) is 12.8. The van der Waals surface area contributed by atoms with Crippen LogP contribution in [0.25, 0.3) is 11.6 Å². The fourth-order valence-electron chi connectivity index (χ4n) is 2.23. The zero-order valence-corrected chi connectivity index (χ0v) is 14.6. The number of benzene rings is 1. The molecule has 0 aliphatic heterocycles. The Balaban J connectivity index is 1.49. The monoisotopic (exact) mass is 354 g/mol. The Morgan fingerprint density at radius 1 is 1.19 bits per heavy atom. The third-order valence-electron chi connectivity index (χ3n) is 3.41. The van der Waals surface area contributed by atoms with Crippen LogP contribution in [0, 0.1) is 0 Å². The summed E-state index contributed by atoms with van der Waals surface area (Å²) in [7, 11) is 0. The predicted octanol–water partition coefficient (Wildman–Crippen LogP) is 2.20. The van der Waals surface area contributed by atoms with E-state index in [1.54, 1.807) is 12.3 Å². The molecule has 0 saturated carbocycles.